The van der Waals surface area contributed by atoms with Crippen LogP contribution in [0.4, 0.5) is 5.82 Å². The molecule has 5 rings (SSSR count). The van der Waals surface area contributed by atoms with E-state index in [0.29, 0.717) is 17.9 Å². The predicted molar refractivity (Wildman–Crippen MR) is 118 cm³/mol. The first-order chi connectivity index (χ1) is 14.8. The molecule has 3 heterocycles. The van der Waals surface area contributed by atoms with E-state index in [-0.39, 0.29) is 0 Å². The van der Waals surface area contributed by atoms with Gasteiger partial charge in [0.15, 0.2) is 0 Å². The average Bonchev–Trinajstić information content (AvgIpc) is 3.21. The second-order valence-corrected chi connectivity index (χ2v) is 9.68. The molecule has 2 saturated carbocycles. The molecular weight excluding hydrogens is 376 g/mol. The monoisotopic (exact) mass is 412 g/mol. The number of amides is 1. The number of ether oxygens (including phenoxy) is 1. The van der Waals surface area contributed by atoms with Crippen LogP contribution in [0.3, 0.4) is 0 Å². The Labute approximate surface area is 180 Å². The van der Waals surface area contributed by atoms with Crippen LogP contribution in [0.1, 0.15) is 56.9 Å². The molecule has 6 nitrogen and oxygen atoms in total. The SMILES string of the molecule is O=C(NC1CCC(CCN2CCN(c3nccc4c3CCO4)CC2)CC1)C1CCC1. The first-order valence-electron chi connectivity index (χ1n) is 12.1. The zero-order valence-corrected chi connectivity index (χ0v) is 18.2. The average molecular weight is 413 g/mol. The van der Waals surface area contributed by atoms with Crippen molar-refractivity contribution in [2.75, 3.05) is 44.2 Å². The fraction of sp³-hybridized carbons (Fsp3) is 0.750. The van der Waals surface area contributed by atoms with Gasteiger partial charge in [-0.25, -0.2) is 4.98 Å². The lowest BCUT2D eigenvalue weighted by Gasteiger charge is -2.37. The van der Waals surface area contributed by atoms with Gasteiger partial charge in [-0.05, 0) is 63.5 Å². The molecule has 4 aliphatic rings. The summed E-state index contributed by atoms with van der Waals surface area (Å²) in [5.74, 6) is 3.65. The minimum absolute atomic E-state index is 0.320. The van der Waals surface area contributed by atoms with E-state index in [1.54, 1.807) is 0 Å². The summed E-state index contributed by atoms with van der Waals surface area (Å²) < 4.78 is 5.71. The zero-order valence-electron chi connectivity index (χ0n) is 18.2. The zero-order chi connectivity index (χ0) is 20.3. The molecule has 3 fully saturated rings. The highest BCUT2D eigenvalue weighted by Gasteiger charge is 2.29. The summed E-state index contributed by atoms with van der Waals surface area (Å²) in [7, 11) is 0. The number of rotatable bonds is 6. The standard InChI is InChI=1S/C24H36N4O2/c29-24(19-2-1-3-19)26-20-6-4-18(5-7-20)9-12-27-13-15-28(16-14-27)23-21-10-17-30-22(21)8-11-25-23/h8,11,18-20H,1-7,9-10,12-17H2,(H,26,29). The smallest absolute Gasteiger partial charge is 0.223 e. The number of anilines is 1. The van der Waals surface area contributed by atoms with E-state index in [2.05, 4.69) is 20.1 Å². The summed E-state index contributed by atoms with van der Waals surface area (Å²) in [4.78, 5) is 21.9. The molecular formula is C24H36N4O2. The van der Waals surface area contributed by atoms with Crippen molar-refractivity contribution in [1.82, 2.24) is 15.2 Å². The van der Waals surface area contributed by atoms with Gasteiger partial charge < -0.3 is 15.0 Å². The van der Waals surface area contributed by atoms with E-state index in [4.69, 9.17) is 4.74 Å². The molecule has 1 aromatic rings. The molecule has 0 bridgehead atoms. The topological polar surface area (TPSA) is 57.7 Å². The number of pyridine rings is 1. The van der Waals surface area contributed by atoms with Crippen molar-refractivity contribution < 1.29 is 9.53 Å². The minimum Gasteiger partial charge on any atom is -0.493 e. The second-order valence-electron chi connectivity index (χ2n) is 9.68. The number of fused-ring (bicyclic) bond motifs is 1. The summed E-state index contributed by atoms with van der Waals surface area (Å²) in [5, 5.41) is 3.32. The van der Waals surface area contributed by atoms with Crippen molar-refractivity contribution in [3.05, 3.63) is 17.8 Å². The van der Waals surface area contributed by atoms with E-state index in [0.717, 1.165) is 69.5 Å². The van der Waals surface area contributed by atoms with Gasteiger partial charge in [0, 0.05) is 56.3 Å². The molecule has 6 heteroatoms. The maximum absolute atomic E-state index is 12.2. The van der Waals surface area contributed by atoms with E-state index < -0.39 is 0 Å². The van der Waals surface area contributed by atoms with Crippen LogP contribution in [-0.2, 0) is 11.2 Å². The lowest BCUT2D eigenvalue weighted by molar-refractivity contribution is -0.128. The number of hydrogen-bond donors (Lipinski definition) is 1. The maximum atomic E-state index is 12.2. The van der Waals surface area contributed by atoms with Gasteiger partial charge >= 0.3 is 0 Å². The Balaban J connectivity index is 1.01. The van der Waals surface area contributed by atoms with Crippen LogP contribution >= 0.6 is 0 Å². The number of piperazine rings is 1. The Hall–Kier alpha value is -1.82. The van der Waals surface area contributed by atoms with Gasteiger partial charge in [0.05, 0.1) is 6.61 Å². The lowest BCUT2D eigenvalue weighted by Crippen LogP contribution is -2.47. The van der Waals surface area contributed by atoms with Crippen LogP contribution in [0.15, 0.2) is 12.3 Å². The number of carbonyl (C=O) groups is 1. The molecule has 2 aliphatic heterocycles. The van der Waals surface area contributed by atoms with Gasteiger partial charge in [0.2, 0.25) is 5.91 Å². The normalized spacial score (nSPS) is 27.3. The fourth-order valence-electron chi connectivity index (χ4n) is 5.50. The van der Waals surface area contributed by atoms with Crippen molar-refractivity contribution in [3.8, 4) is 5.75 Å². The number of carbonyl (C=O) groups excluding carboxylic acids is 1. The lowest BCUT2D eigenvalue weighted by atomic mass is 9.82. The van der Waals surface area contributed by atoms with Crippen molar-refractivity contribution in [3.63, 3.8) is 0 Å². The number of nitrogens with one attached hydrogen (secondary N) is 1. The van der Waals surface area contributed by atoms with Crippen LogP contribution in [-0.4, -0.2) is 61.2 Å². The van der Waals surface area contributed by atoms with Gasteiger partial charge in [-0.1, -0.05) is 6.42 Å². The third kappa shape index (κ3) is 4.43. The quantitative estimate of drug-likeness (QED) is 0.778. The second kappa shape index (κ2) is 9.13. The third-order valence-electron chi connectivity index (χ3n) is 7.79. The Morgan fingerprint density at radius 2 is 1.90 bits per heavy atom. The maximum Gasteiger partial charge on any atom is 0.223 e. The largest absolute Gasteiger partial charge is 0.493 e. The van der Waals surface area contributed by atoms with E-state index >= 15 is 0 Å². The van der Waals surface area contributed by atoms with Crippen LogP contribution in [0.25, 0.3) is 0 Å². The van der Waals surface area contributed by atoms with E-state index in [1.807, 2.05) is 12.3 Å². The molecule has 0 radical (unpaired) electrons. The Kier molecular flexibility index (Phi) is 6.12. The first-order valence-corrected chi connectivity index (χ1v) is 12.1. The molecule has 1 saturated heterocycles. The van der Waals surface area contributed by atoms with Crippen LogP contribution in [0.5, 0.6) is 5.75 Å². The highest BCUT2D eigenvalue weighted by molar-refractivity contribution is 5.79. The minimum atomic E-state index is 0.320. The Morgan fingerprint density at radius 1 is 1.10 bits per heavy atom. The van der Waals surface area contributed by atoms with Gasteiger partial charge in [-0.2, -0.15) is 0 Å². The molecule has 30 heavy (non-hydrogen) atoms. The first kappa shape index (κ1) is 20.1. The summed E-state index contributed by atoms with van der Waals surface area (Å²) in [5.41, 5.74) is 1.30. The van der Waals surface area contributed by atoms with Crippen molar-refractivity contribution >= 4 is 11.7 Å². The highest BCUT2D eigenvalue weighted by atomic mass is 16.5. The highest BCUT2D eigenvalue weighted by Crippen LogP contribution is 2.33. The van der Waals surface area contributed by atoms with E-state index in [9.17, 15) is 4.79 Å². The molecule has 0 atom stereocenters. The molecule has 1 N–H and O–H groups in total. The van der Waals surface area contributed by atoms with Crippen LogP contribution in [0.2, 0.25) is 0 Å². The van der Waals surface area contributed by atoms with Crippen LogP contribution < -0.4 is 15.0 Å². The molecule has 0 aromatic carbocycles. The fourth-order valence-corrected chi connectivity index (χ4v) is 5.50. The summed E-state index contributed by atoms with van der Waals surface area (Å²) in [6, 6.07) is 2.43. The molecule has 1 amide bonds. The van der Waals surface area contributed by atoms with Crippen LogP contribution in [0, 0.1) is 11.8 Å². The van der Waals surface area contributed by atoms with Gasteiger partial charge in [-0.15, -0.1) is 0 Å². The molecule has 0 spiro atoms. The molecule has 0 unspecified atom stereocenters. The van der Waals surface area contributed by atoms with Crippen molar-refractivity contribution in [1.29, 1.82) is 0 Å². The molecule has 1 aromatic heterocycles. The van der Waals surface area contributed by atoms with E-state index in [1.165, 1.54) is 50.6 Å². The Bertz CT molecular complexity index is 735. The van der Waals surface area contributed by atoms with Crippen molar-refractivity contribution in [2.24, 2.45) is 11.8 Å². The van der Waals surface area contributed by atoms with Crippen molar-refractivity contribution in [2.45, 2.75) is 63.8 Å². The van der Waals surface area contributed by atoms with Gasteiger partial charge in [0.25, 0.3) is 0 Å². The number of nitrogens with zero attached hydrogens (tertiary/aromatic N) is 3. The predicted octanol–water partition coefficient (Wildman–Crippen LogP) is 3.00. The summed E-state index contributed by atoms with van der Waals surface area (Å²) in [6.07, 6.45) is 12.5. The summed E-state index contributed by atoms with van der Waals surface area (Å²) >= 11 is 0. The summed E-state index contributed by atoms with van der Waals surface area (Å²) in [6.45, 7) is 6.37. The van der Waals surface area contributed by atoms with Gasteiger partial charge in [-0.3, -0.25) is 9.69 Å². The van der Waals surface area contributed by atoms with Gasteiger partial charge in [0.1, 0.15) is 11.6 Å². The molecule has 164 valence electrons. The molecule has 2 aliphatic carbocycles. The number of hydrogen-bond acceptors (Lipinski definition) is 5. The Morgan fingerprint density at radius 3 is 2.63 bits per heavy atom. The third-order valence-corrected chi connectivity index (χ3v) is 7.79. The number of aromatic nitrogens is 1.